The summed E-state index contributed by atoms with van der Waals surface area (Å²) in [5.41, 5.74) is 1.11. The van der Waals surface area contributed by atoms with Crippen molar-refractivity contribution >= 4 is 12.0 Å². The van der Waals surface area contributed by atoms with Crippen LogP contribution in [0.15, 0.2) is 12.3 Å². The summed E-state index contributed by atoms with van der Waals surface area (Å²) >= 11 is 0. The first-order valence-corrected chi connectivity index (χ1v) is 8.65. The second-order valence-electron chi connectivity index (χ2n) is 6.26. The number of rotatable bonds is 6. The smallest absolute Gasteiger partial charge is 0.409 e. The summed E-state index contributed by atoms with van der Waals surface area (Å²) in [7, 11) is 0. The van der Waals surface area contributed by atoms with E-state index in [0.717, 1.165) is 38.0 Å². The average molecular weight is 335 g/mol. The molecular weight excluding hydrogens is 310 g/mol. The highest BCUT2D eigenvalue weighted by atomic mass is 16.6. The number of ether oxygens (including phenoxy) is 1. The van der Waals surface area contributed by atoms with E-state index in [2.05, 4.69) is 15.7 Å². The van der Waals surface area contributed by atoms with E-state index in [4.69, 9.17) is 4.74 Å². The highest BCUT2D eigenvalue weighted by molar-refractivity contribution is 5.75. The van der Waals surface area contributed by atoms with Crippen LogP contribution in [0.1, 0.15) is 30.9 Å². The summed E-state index contributed by atoms with van der Waals surface area (Å²) in [5.74, 6) is 0.325. The lowest BCUT2D eigenvalue weighted by atomic mass is 9.96. The summed E-state index contributed by atoms with van der Waals surface area (Å²) in [6.07, 6.45) is 4.56. The Balaban J connectivity index is 1.45. The summed E-state index contributed by atoms with van der Waals surface area (Å²) in [6, 6.07) is 1.99. The van der Waals surface area contributed by atoms with E-state index in [-0.39, 0.29) is 18.5 Å². The quantitative estimate of drug-likeness (QED) is 0.781. The van der Waals surface area contributed by atoms with Crippen molar-refractivity contribution in [1.82, 2.24) is 25.3 Å². The molecule has 0 radical (unpaired) electrons. The van der Waals surface area contributed by atoms with Crippen LogP contribution in [0.2, 0.25) is 0 Å². The molecule has 24 heavy (non-hydrogen) atoms. The number of carbonyl (C=O) groups is 2. The van der Waals surface area contributed by atoms with Gasteiger partial charge in [-0.3, -0.25) is 9.48 Å². The second-order valence-corrected chi connectivity index (χ2v) is 6.26. The van der Waals surface area contributed by atoms with Crippen molar-refractivity contribution in [3.63, 3.8) is 0 Å². The number of piperidine rings is 1. The fourth-order valence-electron chi connectivity index (χ4n) is 3.25. The van der Waals surface area contributed by atoms with Crippen molar-refractivity contribution in [1.29, 1.82) is 0 Å². The van der Waals surface area contributed by atoms with Gasteiger partial charge in [0.05, 0.1) is 6.61 Å². The lowest BCUT2D eigenvalue weighted by Gasteiger charge is -2.26. The zero-order valence-corrected chi connectivity index (χ0v) is 13.9. The predicted octanol–water partition coefficient (Wildman–Crippen LogP) is 0.309. The minimum Gasteiger partial charge on any atom is -0.449 e. The standard InChI is InChI=1S/C16H25N5O3/c22-15(18-7-9-20-8-2-10-24-16(20)23)12-21-14(4-6-19-21)13-3-1-5-17-11-13/h4,6,13,17H,1-3,5,7-12H2,(H,18,22)/t13-/m1/s1. The molecule has 1 atom stereocenters. The van der Waals surface area contributed by atoms with Crippen LogP contribution in [0.5, 0.6) is 0 Å². The van der Waals surface area contributed by atoms with E-state index in [9.17, 15) is 9.59 Å². The van der Waals surface area contributed by atoms with Crippen LogP contribution in [0.3, 0.4) is 0 Å². The molecule has 132 valence electrons. The van der Waals surface area contributed by atoms with E-state index in [0.29, 0.717) is 32.2 Å². The van der Waals surface area contributed by atoms with Gasteiger partial charge >= 0.3 is 6.09 Å². The molecule has 0 saturated carbocycles. The normalized spacial score (nSPS) is 21.4. The third kappa shape index (κ3) is 4.25. The molecule has 8 nitrogen and oxygen atoms in total. The second kappa shape index (κ2) is 8.14. The van der Waals surface area contributed by atoms with Gasteiger partial charge in [-0.2, -0.15) is 5.10 Å². The summed E-state index contributed by atoms with van der Waals surface area (Å²) in [6.45, 7) is 4.28. The van der Waals surface area contributed by atoms with E-state index in [1.807, 2.05) is 6.07 Å². The molecule has 2 saturated heterocycles. The molecule has 1 aromatic rings. The Morgan fingerprint density at radius 1 is 1.46 bits per heavy atom. The van der Waals surface area contributed by atoms with Crippen molar-refractivity contribution in [3.05, 3.63) is 18.0 Å². The van der Waals surface area contributed by atoms with E-state index < -0.39 is 0 Å². The van der Waals surface area contributed by atoms with Gasteiger partial charge in [0.1, 0.15) is 6.54 Å². The monoisotopic (exact) mass is 335 g/mol. The van der Waals surface area contributed by atoms with Crippen molar-refractivity contribution < 1.29 is 14.3 Å². The molecule has 3 rings (SSSR count). The number of cyclic esters (lactones) is 1. The van der Waals surface area contributed by atoms with Crippen molar-refractivity contribution in [2.45, 2.75) is 31.7 Å². The number of carbonyl (C=O) groups excluding carboxylic acids is 2. The Morgan fingerprint density at radius 2 is 2.38 bits per heavy atom. The summed E-state index contributed by atoms with van der Waals surface area (Å²) < 4.78 is 6.75. The Kier molecular flexibility index (Phi) is 5.68. The van der Waals surface area contributed by atoms with Crippen LogP contribution >= 0.6 is 0 Å². The molecule has 2 N–H and O–H groups in total. The highest BCUT2D eigenvalue weighted by Crippen LogP contribution is 2.22. The molecule has 0 unspecified atom stereocenters. The fraction of sp³-hybridized carbons (Fsp3) is 0.688. The predicted molar refractivity (Wildman–Crippen MR) is 87.6 cm³/mol. The Hall–Kier alpha value is -2.09. The fourth-order valence-corrected chi connectivity index (χ4v) is 3.25. The summed E-state index contributed by atoms with van der Waals surface area (Å²) in [4.78, 5) is 25.3. The van der Waals surface area contributed by atoms with Gasteiger partial charge in [0, 0.05) is 44.0 Å². The van der Waals surface area contributed by atoms with Crippen molar-refractivity contribution in [2.24, 2.45) is 0 Å². The molecule has 0 bridgehead atoms. The molecule has 0 aliphatic carbocycles. The van der Waals surface area contributed by atoms with Crippen LogP contribution in [-0.2, 0) is 16.1 Å². The maximum atomic E-state index is 12.1. The number of nitrogens with one attached hydrogen (secondary N) is 2. The SMILES string of the molecule is O=C(Cn1nccc1[C@@H]1CCCNC1)NCCN1CCCOC1=O. The summed E-state index contributed by atoms with van der Waals surface area (Å²) in [5, 5.41) is 10.5. The maximum absolute atomic E-state index is 12.1. The van der Waals surface area contributed by atoms with Crippen LogP contribution in [0.25, 0.3) is 0 Å². The topological polar surface area (TPSA) is 88.5 Å². The highest BCUT2D eigenvalue weighted by Gasteiger charge is 2.21. The Labute approximate surface area is 141 Å². The minimum absolute atomic E-state index is 0.0888. The average Bonchev–Trinajstić information content (AvgIpc) is 3.05. The molecule has 2 amide bonds. The number of amides is 2. The van der Waals surface area contributed by atoms with Gasteiger partial charge in [0.25, 0.3) is 0 Å². The lowest BCUT2D eigenvalue weighted by Crippen LogP contribution is -2.43. The number of nitrogens with zero attached hydrogens (tertiary/aromatic N) is 3. The number of aromatic nitrogens is 2. The molecule has 3 heterocycles. The van der Waals surface area contributed by atoms with Gasteiger partial charge in [-0.05, 0) is 31.9 Å². The third-order valence-electron chi connectivity index (χ3n) is 4.52. The minimum atomic E-state index is -0.297. The van der Waals surface area contributed by atoms with Crippen LogP contribution in [0.4, 0.5) is 4.79 Å². The van der Waals surface area contributed by atoms with Gasteiger partial charge in [-0.1, -0.05) is 0 Å². The zero-order chi connectivity index (χ0) is 16.8. The first-order chi connectivity index (χ1) is 11.7. The van der Waals surface area contributed by atoms with Crippen molar-refractivity contribution in [3.8, 4) is 0 Å². The first kappa shape index (κ1) is 16.8. The van der Waals surface area contributed by atoms with Crippen LogP contribution < -0.4 is 10.6 Å². The van der Waals surface area contributed by atoms with E-state index in [1.54, 1.807) is 15.8 Å². The molecule has 0 spiro atoms. The molecule has 2 fully saturated rings. The van der Waals surface area contributed by atoms with Crippen LogP contribution in [0, 0.1) is 0 Å². The first-order valence-electron chi connectivity index (χ1n) is 8.65. The maximum Gasteiger partial charge on any atom is 0.409 e. The lowest BCUT2D eigenvalue weighted by molar-refractivity contribution is -0.121. The van der Waals surface area contributed by atoms with E-state index in [1.165, 1.54) is 0 Å². The molecule has 1 aromatic heterocycles. The molecule has 8 heteroatoms. The Bertz CT molecular complexity index is 568. The van der Waals surface area contributed by atoms with Gasteiger partial charge in [0.2, 0.25) is 5.91 Å². The van der Waals surface area contributed by atoms with Gasteiger partial charge in [-0.25, -0.2) is 4.79 Å². The number of hydrogen-bond donors (Lipinski definition) is 2. The van der Waals surface area contributed by atoms with E-state index >= 15 is 0 Å². The van der Waals surface area contributed by atoms with Gasteiger partial charge in [-0.15, -0.1) is 0 Å². The van der Waals surface area contributed by atoms with Crippen LogP contribution in [-0.4, -0.2) is 66.0 Å². The molecule has 2 aliphatic heterocycles. The molecule has 2 aliphatic rings. The number of hydrogen-bond acceptors (Lipinski definition) is 5. The third-order valence-corrected chi connectivity index (χ3v) is 4.52. The van der Waals surface area contributed by atoms with Gasteiger partial charge in [0.15, 0.2) is 0 Å². The Morgan fingerprint density at radius 3 is 3.17 bits per heavy atom. The molecule has 0 aromatic carbocycles. The molecular formula is C16H25N5O3. The van der Waals surface area contributed by atoms with Crippen molar-refractivity contribution in [2.75, 3.05) is 39.3 Å². The van der Waals surface area contributed by atoms with Gasteiger partial charge < -0.3 is 20.3 Å². The largest absolute Gasteiger partial charge is 0.449 e. The zero-order valence-electron chi connectivity index (χ0n) is 13.9.